The van der Waals surface area contributed by atoms with Crippen LogP contribution in [0.3, 0.4) is 0 Å². The number of hydrogen-bond acceptors (Lipinski definition) is 4. The lowest BCUT2D eigenvalue weighted by atomic mass is 10.2. The van der Waals surface area contributed by atoms with Crippen LogP contribution in [-0.2, 0) is 4.79 Å². The first kappa shape index (κ1) is 17.3. The van der Waals surface area contributed by atoms with Crippen molar-refractivity contribution in [3.8, 4) is 5.75 Å². The van der Waals surface area contributed by atoms with Crippen molar-refractivity contribution in [1.82, 2.24) is 0 Å². The van der Waals surface area contributed by atoms with Crippen LogP contribution in [0.25, 0.3) is 0 Å². The van der Waals surface area contributed by atoms with Crippen LogP contribution in [0.5, 0.6) is 5.75 Å². The highest BCUT2D eigenvalue weighted by Crippen LogP contribution is 2.29. The van der Waals surface area contributed by atoms with Gasteiger partial charge in [0.25, 0.3) is 11.6 Å². The second-order valence-corrected chi connectivity index (χ2v) is 5.61. The van der Waals surface area contributed by atoms with Gasteiger partial charge in [0, 0.05) is 22.2 Å². The molecule has 6 nitrogen and oxygen atoms in total. The number of halogens is 3. The highest BCUT2D eigenvalue weighted by atomic mass is 35.5. The van der Waals surface area contributed by atoms with Gasteiger partial charge in [-0.2, -0.15) is 0 Å². The number of nitro groups is 1. The van der Waals surface area contributed by atoms with Gasteiger partial charge >= 0.3 is 0 Å². The van der Waals surface area contributed by atoms with Crippen LogP contribution in [0.2, 0.25) is 15.1 Å². The van der Waals surface area contributed by atoms with Gasteiger partial charge in [0.05, 0.1) is 9.95 Å². The maximum atomic E-state index is 11.9. The van der Waals surface area contributed by atoms with Crippen molar-refractivity contribution >= 4 is 52.1 Å². The van der Waals surface area contributed by atoms with Crippen LogP contribution in [0.1, 0.15) is 0 Å². The molecule has 2 aromatic carbocycles. The summed E-state index contributed by atoms with van der Waals surface area (Å²) in [5, 5.41) is 14.2. The number of nitrogens with one attached hydrogen (secondary N) is 1. The number of carbonyl (C=O) groups excluding carboxylic acids is 1. The molecule has 9 heteroatoms. The second-order valence-electron chi connectivity index (χ2n) is 4.33. The van der Waals surface area contributed by atoms with Crippen molar-refractivity contribution in [2.75, 3.05) is 11.9 Å². The zero-order chi connectivity index (χ0) is 17.0. The first-order valence-corrected chi connectivity index (χ1v) is 7.32. The third kappa shape index (κ3) is 4.72. The summed E-state index contributed by atoms with van der Waals surface area (Å²) < 4.78 is 5.25. The van der Waals surface area contributed by atoms with Gasteiger partial charge in [-0.25, -0.2) is 0 Å². The third-order valence-electron chi connectivity index (χ3n) is 2.68. The molecule has 0 aliphatic carbocycles. The van der Waals surface area contributed by atoms with E-state index >= 15 is 0 Å². The van der Waals surface area contributed by atoms with Crippen molar-refractivity contribution in [3.05, 3.63) is 61.6 Å². The third-order valence-corrected chi connectivity index (χ3v) is 3.47. The van der Waals surface area contributed by atoms with Crippen molar-refractivity contribution in [3.63, 3.8) is 0 Å². The number of rotatable bonds is 5. The van der Waals surface area contributed by atoms with Gasteiger partial charge in [-0.05, 0) is 24.3 Å². The number of amides is 1. The van der Waals surface area contributed by atoms with E-state index in [9.17, 15) is 14.9 Å². The highest BCUT2D eigenvalue weighted by Gasteiger charge is 2.17. The smallest absolute Gasteiger partial charge is 0.294 e. The number of nitrogens with zero attached hydrogens (tertiary/aromatic N) is 1. The fourth-order valence-corrected chi connectivity index (χ4v) is 2.18. The summed E-state index contributed by atoms with van der Waals surface area (Å²) in [6, 6.07) is 8.48. The van der Waals surface area contributed by atoms with Gasteiger partial charge < -0.3 is 10.1 Å². The molecule has 120 valence electrons. The van der Waals surface area contributed by atoms with Gasteiger partial charge in [0.1, 0.15) is 11.4 Å². The Hall–Kier alpha value is -2.02. The normalized spacial score (nSPS) is 10.2. The molecule has 0 heterocycles. The first-order valence-electron chi connectivity index (χ1n) is 6.18. The summed E-state index contributed by atoms with van der Waals surface area (Å²) in [6.45, 7) is -0.389. The topological polar surface area (TPSA) is 81.5 Å². The molecule has 0 spiro atoms. The Bertz CT molecular complexity index is 768. The molecule has 0 unspecified atom stereocenters. The molecule has 0 radical (unpaired) electrons. The molecule has 23 heavy (non-hydrogen) atoms. The Morgan fingerprint density at radius 1 is 1.13 bits per heavy atom. The van der Waals surface area contributed by atoms with Gasteiger partial charge in [-0.15, -0.1) is 0 Å². The molecule has 2 aromatic rings. The Morgan fingerprint density at radius 2 is 1.78 bits per heavy atom. The summed E-state index contributed by atoms with van der Waals surface area (Å²) in [4.78, 5) is 22.2. The van der Waals surface area contributed by atoms with Crippen molar-refractivity contribution < 1.29 is 14.5 Å². The van der Waals surface area contributed by atoms with Crippen molar-refractivity contribution in [1.29, 1.82) is 0 Å². The quantitative estimate of drug-likeness (QED) is 0.613. The van der Waals surface area contributed by atoms with Crippen LogP contribution < -0.4 is 10.1 Å². The van der Waals surface area contributed by atoms with E-state index in [0.717, 1.165) is 6.07 Å². The van der Waals surface area contributed by atoms with Crippen LogP contribution in [0.4, 0.5) is 11.4 Å². The van der Waals surface area contributed by atoms with Gasteiger partial charge in [0.2, 0.25) is 0 Å². The van der Waals surface area contributed by atoms with Crippen LogP contribution in [-0.4, -0.2) is 17.4 Å². The number of carbonyl (C=O) groups is 1. The Balaban J connectivity index is 2.06. The van der Waals surface area contributed by atoms with Crippen molar-refractivity contribution in [2.45, 2.75) is 0 Å². The number of ether oxygens (including phenoxy) is 1. The summed E-state index contributed by atoms with van der Waals surface area (Å²) in [5.41, 5.74) is -0.295. The number of anilines is 1. The van der Waals surface area contributed by atoms with Crippen molar-refractivity contribution in [2.24, 2.45) is 0 Å². The maximum absolute atomic E-state index is 11.9. The number of benzene rings is 2. The molecule has 0 atom stereocenters. The molecule has 0 saturated heterocycles. The van der Waals surface area contributed by atoms with E-state index in [-0.39, 0.29) is 28.8 Å². The SMILES string of the molecule is O=C(COc1cc(Cl)ccc1Cl)Nc1ccc(Cl)cc1[N+](=O)[O-]. The molecule has 0 fully saturated rings. The summed E-state index contributed by atoms with van der Waals surface area (Å²) in [5.74, 6) is -0.355. The minimum atomic E-state index is -0.643. The van der Waals surface area contributed by atoms with Crippen LogP contribution in [0.15, 0.2) is 36.4 Å². The Kier molecular flexibility index (Phi) is 5.65. The molecule has 0 aromatic heterocycles. The molecule has 0 aliphatic rings. The Labute approximate surface area is 146 Å². The zero-order valence-corrected chi connectivity index (χ0v) is 13.7. The molecule has 0 bridgehead atoms. The van der Waals surface area contributed by atoms with Gasteiger partial charge in [-0.1, -0.05) is 34.8 Å². The van der Waals surface area contributed by atoms with E-state index in [0.29, 0.717) is 10.0 Å². The lowest BCUT2D eigenvalue weighted by molar-refractivity contribution is -0.383. The Morgan fingerprint density at radius 3 is 2.48 bits per heavy atom. The zero-order valence-electron chi connectivity index (χ0n) is 11.4. The molecular formula is C14H9Cl3N2O4. The maximum Gasteiger partial charge on any atom is 0.294 e. The largest absolute Gasteiger partial charge is 0.482 e. The van der Waals surface area contributed by atoms with Crippen LogP contribution in [0, 0.1) is 10.1 Å². The van der Waals surface area contributed by atoms with E-state index in [1.165, 1.54) is 24.3 Å². The summed E-state index contributed by atoms with van der Waals surface area (Å²) >= 11 is 17.4. The molecular weight excluding hydrogens is 367 g/mol. The lowest BCUT2D eigenvalue weighted by Crippen LogP contribution is -2.20. The van der Waals surface area contributed by atoms with E-state index in [4.69, 9.17) is 39.5 Å². The minimum Gasteiger partial charge on any atom is -0.482 e. The average molecular weight is 376 g/mol. The van der Waals surface area contributed by atoms with E-state index in [1.54, 1.807) is 6.07 Å². The molecule has 1 N–H and O–H groups in total. The van der Waals surface area contributed by atoms with E-state index in [1.807, 2.05) is 0 Å². The predicted octanol–water partition coefficient (Wildman–Crippen LogP) is 4.57. The van der Waals surface area contributed by atoms with E-state index < -0.39 is 10.8 Å². The number of nitro benzene ring substituents is 1. The molecule has 2 rings (SSSR count). The monoisotopic (exact) mass is 374 g/mol. The minimum absolute atomic E-state index is 0.0187. The average Bonchev–Trinajstić information content (AvgIpc) is 2.49. The van der Waals surface area contributed by atoms with Crippen LogP contribution >= 0.6 is 34.8 Å². The lowest BCUT2D eigenvalue weighted by Gasteiger charge is -2.09. The summed E-state index contributed by atoms with van der Waals surface area (Å²) in [7, 11) is 0. The molecule has 0 saturated carbocycles. The van der Waals surface area contributed by atoms with E-state index in [2.05, 4.69) is 5.32 Å². The molecule has 1 amide bonds. The number of hydrogen-bond donors (Lipinski definition) is 1. The highest BCUT2D eigenvalue weighted by molar-refractivity contribution is 6.34. The fraction of sp³-hybridized carbons (Fsp3) is 0.0714. The predicted molar refractivity (Wildman–Crippen MR) is 88.7 cm³/mol. The second kappa shape index (κ2) is 7.50. The summed E-state index contributed by atoms with van der Waals surface area (Å²) in [6.07, 6.45) is 0. The fourth-order valence-electron chi connectivity index (χ4n) is 1.68. The van der Waals surface area contributed by atoms with Gasteiger partial charge in [0.15, 0.2) is 6.61 Å². The molecule has 0 aliphatic heterocycles. The van der Waals surface area contributed by atoms with Gasteiger partial charge in [-0.3, -0.25) is 14.9 Å². The first-order chi connectivity index (χ1) is 10.9. The standard InChI is InChI=1S/C14H9Cl3N2O4/c15-8-2-4-11(12(5-8)19(21)22)18-14(20)7-23-13-6-9(16)1-3-10(13)17/h1-6H,7H2,(H,18,20).